The molecule has 1 aliphatic heterocycles. The van der Waals surface area contributed by atoms with E-state index in [2.05, 4.69) is 25.6 Å². The number of rotatable bonds is 8. The zero-order valence-electron chi connectivity index (χ0n) is 23.3. The number of hydrogen-bond donors (Lipinski definition) is 2. The Morgan fingerprint density at radius 3 is 2.71 bits per heavy atom. The number of halogens is 1. The normalized spacial score (nSPS) is 15.0. The third kappa shape index (κ3) is 6.95. The number of fused-ring (bicyclic) bond motifs is 1. The van der Waals surface area contributed by atoms with E-state index in [1.807, 2.05) is 23.1 Å². The van der Waals surface area contributed by atoms with Crippen molar-refractivity contribution in [2.45, 2.75) is 45.4 Å². The number of nitrogens with zero attached hydrogens (tertiary/aromatic N) is 5. The average Bonchev–Trinajstić information content (AvgIpc) is 3.39. The smallest absolute Gasteiger partial charge is 0.407 e. The summed E-state index contributed by atoms with van der Waals surface area (Å²) in [6.45, 7) is 6.57. The minimum Gasteiger partial charge on any atom is -0.486 e. The summed E-state index contributed by atoms with van der Waals surface area (Å²) in [4.78, 5) is 38.7. The Kier molecular flexibility index (Phi) is 8.25. The molecule has 0 saturated carbocycles. The standard InChI is InChI=1S/C29H30ClN7O5/c1-29(2,3)42-28(38)35-19-9-11-36(15-19)24-14-23-21(13-25(24)37(39)40)27(33-17-32-23)34-18-7-8-26(22(30)12-18)41-16-20-6-4-5-10-31-20/h4-8,10,12-14,17,19H,9,11,15-16H2,1-3H3,(H,35,38)(H,32,33,34). The number of pyridine rings is 1. The Bertz CT molecular complexity index is 1610. The Morgan fingerprint density at radius 2 is 2.00 bits per heavy atom. The molecular weight excluding hydrogens is 562 g/mol. The van der Waals surface area contributed by atoms with Crippen LogP contribution in [-0.4, -0.2) is 50.7 Å². The number of nitro benzene ring substituents is 1. The van der Waals surface area contributed by atoms with E-state index < -0.39 is 16.6 Å². The molecule has 3 heterocycles. The number of nitrogens with one attached hydrogen (secondary N) is 2. The highest BCUT2D eigenvalue weighted by Gasteiger charge is 2.30. The summed E-state index contributed by atoms with van der Waals surface area (Å²) < 4.78 is 11.1. The summed E-state index contributed by atoms with van der Waals surface area (Å²) in [6, 6.07) is 13.7. The van der Waals surface area contributed by atoms with Gasteiger partial charge in [0.15, 0.2) is 0 Å². The molecular formula is C29H30ClN7O5. The molecule has 1 aliphatic rings. The van der Waals surface area contributed by atoms with E-state index >= 15 is 0 Å². The van der Waals surface area contributed by atoms with Crippen LogP contribution in [0.3, 0.4) is 0 Å². The Labute approximate surface area is 247 Å². The van der Waals surface area contributed by atoms with Gasteiger partial charge in [0, 0.05) is 36.4 Å². The summed E-state index contributed by atoms with van der Waals surface area (Å²) in [5.41, 5.74) is 1.63. The molecule has 0 bridgehead atoms. The van der Waals surface area contributed by atoms with Crippen LogP contribution in [0.1, 0.15) is 32.9 Å². The van der Waals surface area contributed by atoms with Gasteiger partial charge < -0.3 is 25.0 Å². The molecule has 0 radical (unpaired) electrons. The van der Waals surface area contributed by atoms with Crippen LogP contribution in [0, 0.1) is 10.1 Å². The van der Waals surface area contributed by atoms with Crippen LogP contribution in [0.15, 0.2) is 61.1 Å². The summed E-state index contributed by atoms with van der Waals surface area (Å²) in [7, 11) is 0. The summed E-state index contributed by atoms with van der Waals surface area (Å²) in [5, 5.41) is 19.0. The molecule has 218 valence electrons. The van der Waals surface area contributed by atoms with Crippen molar-refractivity contribution in [2.24, 2.45) is 0 Å². The van der Waals surface area contributed by atoms with Crippen LogP contribution in [0.5, 0.6) is 5.75 Å². The topological polar surface area (TPSA) is 145 Å². The second kappa shape index (κ2) is 12.0. The molecule has 0 aliphatic carbocycles. The van der Waals surface area contributed by atoms with E-state index in [1.165, 1.54) is 12.4 Å². The van der Waals surface area contributed by atoms with E-state index in [0.717, 1.165) is 5.69 Å². The zero-order chi connectivity index (χ0) is 29.9. The fraction of sp³-hybridized carbons (Fsp3) is 0.310. The third-order valence-corrected chi connectivity index (χ3v) is 6.77. The van der Waals surface area contributed by atoms with Crippen molar-refractivity contribution in [2.75, 3.05) is 23.3 Å². The van der Waals surface area contributed by atoms with Gasteiger partial charge in [-0.3, -0.25) is 15.1 Å². The highest BCUT2D eigenvalue weighted by atomic mass is 35.5. The minimum atomic E-state index is -0.619. The van der Waals surface area contributed by atoms with Gasteiger partial charge in [0.2, 0.25) is 0 Å². The van der Waals surface area contributed by atoms with Gasteiger partial charge in [-0.05, 0) is 63.6 Å². The molecule has 4 aromatic rings. The molecule has 1 amide bonds. The Hall–Kier alpha value is -4.71. The molecule has 5 rings (SSSR count). The number of alkyl carbamates (subject to hydrolysis) is 1. The van der Waals surface area contributed by atoms with Gasteiger partial charge in [-0.15, -0.1) is 0 Å². The van der Waals surface area contributed by atoms with Crippen molar-refractivity contribution in [1.29, 1.82) is 0 Å². The minimum absolute atomic E-state index is 0.0884. The molecule has 1 atom stereocenters. The van der Waals surface area contributed by atoms with E-state index in [4.69, 9.17) is 21.1 Å². The highest BCUT2D eigenvalue weighted by Crippen LogP contribution is 2.37. The number of ether oxygens (including phenoxy) is 2. The maximum atomic E-state index is 12.2. The van der Waals surface area contributed by atoms with Crippen LogP contribution in [0.25, 0.3) is 10.9 Å². The number of hydrogen-bond acceptors (Lipinski definition) is 10. The van der Waals surface area contributed by atoms with Gasteiger partial charge in [-0.2, -0.15) is 0 Å². The molecule has 12 nitrogen and oxygen atoms in total. The van der Waals surface area contributed by atoms with Crippen molar-refractivity contribution in [3.05, 3.63) is 81.9 Å². The van der Waals surface area contributed by atoms with Crippen molar-refractivity contribution in [3.8, 4) is 5.75 Å². The average molecular weight is 592 g/mol. The number of carbonyl (C=O) groups is 1. The second-order valence-electron chi connectivity index (χ2n) is 10.8. The Balaban J connectivity index is 1.34. The van der Waals surface area contributed by atoms with Gasteiger partial charge in [0.1, 0.15) is 35.8 Å². The molecule has 13 heteroatoms. The number of benzene rings is 2. The largest absolute Gasteiger partial charge is 0.486 e. The predicted molar refractivity (Wildman–Crippen MR) is 159 cm³/mol. The maximum absolute atomic E-state index is 12.2. The fourth-order valence-corrected chi connectivity index (χ4v) is 4.85. The summed E-state index contributed by atoms with van der Waals surface area (Å²) in [6.07, 6.45) is 3.19. The highest BCUT2D eigenvalue weighted by molar-refractivity contribution is 6.32. The van der Waals surface area contributed by atoms with Gasteiger partial charge in [0.25, 0.3) is 5.69 Å². The third-order valence-electron chi connectivity index (χ3n) is 6.47. The van der Waals surface area contributed by atoms with Gasteiger partial charge in [0.05, 0.1) is 27.2 Å². The van der Waals surface area contributed by atoms with Crippen molar-refractivity contribution in [3.63, 3.8) is 0 Å². The number of aromatic nitrogens is 3. The van der Waals surface area contributed by atoms with E-state index in [9.17, 15) is 14.9 Å². The fourth-order valence-electron chi connectivity index (χ4n) is 4.62. The number of amides is 1. The summed E-state index contributed by atoms with van der Waals surface area (Å²) >= 11 is 6.47. The second-order valence-corrected chi connectivity index (χ2v) is 11.2. The first-order chi connectivity index (χ1) is 20.1. The first-order valence-corrected chi connectivity index (χ1v) is 13.7. The van der Waals surface area contributed by atoms with Gasteiger partial charge >= 0.3 is 6.09 Å². The first kappa shape index (κ1) is 28.8. The number of nitro groups is 1. The van der Waals surface area contributed by atoms with Crippen molar-refractivity contribution in [1.82, 2.24) is 20.3 Å². The molecule has 1 unspecified atom stereocenters. The lowest BCUT2D eigenvalue weighted by Crippen LogP contribution is -2.40. The van der Waals surface area contributed by atoms with Crippen LogP contribution >= 0.6 is 11.6 Å². The van der Waals surface area contributed by atoms with Crippen LogP contribution in [0.2, 0.25) is 5.02 Å². The van der Waals surface area contributed by atoms with Gasteiger partial charge in [-0.1, -0.05) is 17.7 Å². The monoisotopic (exact) mass is 591 g/mol. The maximum Gasteiger partial charge on any atom is 0.407 e. The zero-order valence-corrected chi connectivity index (χ0v) is 24.1. The lowest BCUT2D eigenvalue weighted by molar-refractivity contribution is -0.384. The van der Waals surface area contributed by atoms with E-state index in [1.54, 1.807) is 51.2 Å². The van der Waals surface area contributed by atoms with E-state index in [-0.39, 0.29) is 18.3 Å². The molecule has 42 heavy (non-hydrogen) atoms. The SMILES string of the molecule is CC(C)(C)OC(=O)NC1CCN(c2cc3ncnc(Nc4ccc(OCc5ccccn5)c(Cl)c4)c3cc2[N+](=O)[O-])C1. The Morgan fingerprint density at radius 1 is 1.17 bits per heavy atom. The first-order valence-electron chi connectivity index (χ1n) is 13.3. The molecule has 2 aromatic heterocycles. The molecule has 2 aromatic carbocycles. The van der Waals surface area contributed by atoms with Crippen molar-refractivity contribution < 1.29 is 19.2 Å². The quantitative estimate of drug-likeness (QED) is 0.184. The van der Waals surface area contributed by atoms with Crippen molar-refractivity contribution >= 4 is 51.5 Å². The molecule has 2 N–H and O–H groups in total. The molecule has 1 saturated heterocycles. The van der Waals surface area contributed by atoms with Crippen LogP contribution in [-0.2, 0) is 11.3 Å². The van der Waals surface area contributed by atoms with E-state index in [0.29, 0.717) is 58.4 Å². The number of anilines is 3. The van der Waals surface area contributed by atoms with Gasteiger partial charge in [-0.25, -0.2) is 14.8 Å². The summed E-state index contributed by atoms with van der Waals surface area (Å²) in [5.74, 6) is 0.879. The molecule has 1 fully saturated rings. The lowest BCUT2D eigenvalue weighted by atomic mass is 10.1. The number of carbonyl (C=O) groups excluding carboxylic acids is 1. The lowest BCUT2D eigenvalue weighted by Gasteiger charge is -2.22. The molecule has 0 spiro atoms. The van der Waals surface area contributed by atoms with Crippen LogP contribution in [0.4, 0.5) is 27.7 Å². The van der Waals surface area contributed by atoms with Crippen LogP contribution < -0.4 is 20.3 Å². The predicted octanol–water partition coefficient (Wildman–Crippen LogP) is 6.01.